The van der Waals surface area contributed by atoms with Gasteiger partial charge in [-0.05, 0) is 48.4 Å². The number of halogens is 1. The minimum Gasteiger partial charge on any atom is -0.497 e. The van der Waals surface area contributed by atoms with Crippen LogP contribution in [0.4, 0.5) is 11.5 Å². The van der Waals surface area contributed by atoms with Gasteiger partial charge in [-0.15, -0.1) is 0 Å². The van der Waals surface area contributed by atoms with Crippen LogP contribution in [0.15, 0.2) is 60.9 Å². The van der Waals surface area contributed by atoms with E-state index in [9.17, 15) is 0 Å². The minimum absolute atomic E-state index is 0.506. The molecule has 0 radical (unpaired) electrons. The molecule has 2 aromatic carbocycles. The Morgan fingerprint density at radius 3 is 2.50 bits per heavy atom. The quantitative estimate of drug-likeness (QED) is 0.330. The van der Waals surface area contributed by atoms with Crippen LogP contribution in [0.2, 0.25) is 5.15 Å². The van der Waals surface area contributed by atoms with Crippen molar-refractivity contribution in [3.63, 3.8) is 0 Å². The van der Waals surface area contributed by atoms with E-state index in [2.05, 4.69) is 32.7 Å². The van der Waals surface area contributed by atoms with Gasteiger partial charge >= 0.3 is 0 Å². The first kappa shape index (κ1) is 21.7. The summed E-state index contributed by atoms with van der Waals surface area (Å²) in [4.78, 5) is 8.76. The van der Waals surface area contributed by atoms with Crippen molar-refractivity contribution in [1.82, 2.24) is 9.97 Å². The number of fused-ring (bicyclic) bond motifs is 1. The lowest BCUT2D eigenvalue weighted by atomic mass is 10.1. The molecule has 2 aromatic heterocycles. The monoisotopic (exact) mass is 448 g/mol. The predicted molar refractivity (Wildman–Crippen MR) is 130 cm³/mol. The Morgan fingerprint density at radius 2 is 1.72 bits per heavy atom. The SMILES string of the molecule is COc1ccc(CNc2nccc3c(NCc4cnc(Cl)cc4C)cccc23)c(OC)c1. The van der Waals surface area contributed by atoms with Crippen molar-refractivity contribution < 1.29 is 9.47 Å². The first-order valence-electron chi connectivity index (χ1n) is 10.3. The van der Waals surface area contributed by atoms with Crippen LogP contribution in [0.1, 0.15) is 16.7 Å². The molecule has 0 saturated carbocycles. The molecule has 0 aliphatic heterocycles. The maximum atomic E-state index is 5.98. The number of anilines is 2. The van der Waals surface area contributed by atoms with E-state index in [0.717, 1.165) is 50.5 Å². The summed E-state index contributed by atoms with van der Waals surface area (Å²) in [5, 5.41) is 9.60. The smallest absolute Gasteiger partial charge is 0.134 e. The highest BCUT2D eigenvalue weighted by atomic mass is 35.5. The second-order valence-corrected chi connectivity index (χ2v) is 7.77. The third kappa shape index (κ3) is 4.70. The van der Waals surface area contributed by atoms with Gasteiger partial charge < -0.3 is 20.1 Å². The third-order valence-corrected chi connectivity index (χ3v) is 5.61. The van der Waals surface area contributed by atoms with E-state index in [4.69, 9.17) is 21.1 Å². The molecule has 6 nitrogen and oxygen atoms in total. The topological polar surface area (TPSA) is 68.3 Å². The van der Waals surface area contributed by atoms with Crippen molar-refractivity contribution in [2.45, 2.75) is 20.0 Å². The van der Waals surface area contributed by atoms with E-state index in [-0.39, 0.29) is 0 Å². The number of methoxy groups -OCH3 is 2. The molecule has 4 aromatic rings. The van der Waals surface area contributed by atoms with Gasteiger partial charge in [0.25, 0.3) is 0 Å². The first-order valence-corrected chi connectivity index (χ1v) is 10.6. The van der Waals surface area contributed by atoms with Gasteiger partial charge in [-0.1, -0.05) is 23.7 Å². The summed E-state index contributed by atoms with van der Waals surface area (Å²) in [6.45, 7) is 3.27. The van der Waals surface area contributed by atoms with E-state index in [1.54, 1.807) is 14.2 Å². The number of aromatic nitrogens is 2. The van der Waals surface area contributed by atoms with E-state index >= 15 is 0 Å². The highest BCUT2D eigenvalue weighted by Crippen LogP contribution is 2.30. The minimum atomic E-state index is 0.506. The number of hydrogen-bond donors (Lipinski definition) is 2. The Bertz CT molecular complexity index is 1250. The summed E-state index contributed by atoms with van der Waals surface area (Å²) in [6.07, 6.45) is 3.63. The van der Waals surface area contributed by atoms with Crippen LogP contribution < -0.4 is 20.1 Å². The zero-order chi connectivity index (χ0) is 22.5. The maximum Gasteiger partial charge on any atom is 0.134 e. The molecule has 0 amide bonds. The Hall–Kier alpha value is -3.51. The van der Waals surface area contributed by atoms with Crippen molar-refractivity contribution in [3.05, 3.63) is 82.8 Å². The van der Waals surface area contributed by atoms with Crippen LogP contribution in [-0.2, 0) is 13.1 Å². The van der Waals surface area contributed by atoms with Crippen molar-refractivity contribution in [3.8, 4) is 11.5 Å². The zero-order valence-corrected chi connectivity index (χ0v) is 19.0. The third-order valence-electron chi connectivity index (χ3n) is 5.40. The summed E-state index contributed by atoms with van der Waals surface area (Å²) < 4.78 is 10.8. The van der Waals surface area contributed by atoms with Gasteiger partial charge in [0.2, 0.25) is 0 Å². The fourth-order valence-corrected chi connectivity index (χ4v) is 3.82. The lowest BCUT2D eigenvalue weighted by Gasteiger charge is -2.15. The Morgan fingerprint density at radius 1 is 0.875 bits per heavy atom. The maximum absolute atomic E-state index is 5.98. The number of nitrogens with zero attached hydrogens (tertiary/aromatic N) is 2. The van der Waals surface area contributed by atoms with Gasteiger partial charge in [0.15, 0.2) is 0 Å². The summed E-state index contributed by atoms with van der Waals surface area (Å²) in [7, 11) is 3.30. The number of ether oxygens (including phenoxy) is 2. The molecule has 0 bridgehead atoms. The van der Waals surface area contributed by atoms with E-state index in [1.165, 1.54) is 0 Å². The Kier molecular flexibility index (Phi) is 6.61. The summed E-state index contributed by atoms with van der Waals surface area (Å²) in [5.74, 6) is 2.34. The molecule has 0 spiro atoms. The van der Waals surface area contributed by atoms with E-state index in [0.29, 0.717) is 18.2 Å². The molecular formula is C25H25ClN4O2. The van der Waals surface area contributed by atoms with Crippen molar-refractivity contribution in [2.75, 3.05) is 24.9 Å². The van der Waals surface area contributed by atoms with Gasteiger partial charge in [-0.25, -0.2) is 9.97 Å². The van der Waals surface area contributed by atoms with Crippen LogP contribution in [-0.4, -0.2) is 24.2 Å². The summed E-state index contributed by atoms with van der Waals surface area (Å²) in [5.41, 5.74) is 4.26. The Labute approximate surface area is 192 Å². The normalized spacial score (nSPS) is 10.8. The molecule has 32 heavy (non-hydrogen) atoms. The van der Waals surface area contributed by atoms with E-state index < -0.39 is 0 Å². The van der Waals surface area contributed by atoms with E-state index in [1.807, 2.05) is 55.7 Å². The summed E-state index contributed by atoms with van der Waals surface area (Å²) >= 11 is 5.98. The molecule has 0 fully saturated rings. The number of pyridine rings is 2. The highest BCUT2D eigenvalue weighted by molar-refractivity contribution is 6.29. The first-order chi connectivity index (χ1) is 15.6. The van der Waals surface area contributed by atoms with Crippen LogP contribution in [0.3, 0.4) is 0 Å². The molecule has 7 heteroatoms. The number of benzene rings is 2. The van der Waals surface area contributed by atoms with Crippen molar-refractivity contribution in [1.29, 1.82) is 0 Å². The standard InChI is InChI=1S/C25H25ClN4O2/c1-16-11-24(26)29-15-18(16)14-28-22-6-4-5-21-20(22)9-10-27-25(21)30-13-17-7-8-19(31-2)12-23(17)32-3/h4-12,15,28H,13-14H2,1-3H3,(H,27,30). The van der Waals surface area contributed by atoms with Crippen LogP contribution in [0.25, 0.3) is 10.8 Å². The average Bonchev–Trinajstić information content (AvgIpc) is 2.82. The van der Waals surface area contributed by atoms with Crippen molar-refractivity contribution in [2.24, 2.45) is 0 Å². The highest BCUT2D eigenvalue weighted by Gasteiger charge is 2.09. The van der Waals surface area contributed by atoms with Gasteiger partial charge in [0.1, 0.15) is 22.5 Å². The van der Waals surface area contributed by atoms with Gasteiger partial charge in [0, 0.05) is 53.6 Å². The molecule has 0 atom stereocenters. The zero-order valence-electron chi connectivity index (χ0n) is 18.3. The molecule has 4 rings (SSSR count). The Balaban J connectivity index is 1.55. The fraction of sp³-hybridized carbons (Fsp3) is 0.200. The summed E-state index contributed by atoms with van der Waals surface area (Å²) in [6, 6.07) is 15.8. The molecule has 0 aliphatic carbocycles. The van der Waals surface area contributed by atoms with Gasteiger partial charge in [-0.2, -0.15) is 0 Å². The lowest BCUT2D eigenvalue weighted by Crippen LogP contribution is -2.05. The molecule has 2 N–H and O–H groups in total. The number of hydrogen-bond acceptors (Lipinski definition) is 6. The number of rotatable bonds is 8. The number of aryl methyl sites for hydroxylation is 1. The van der Waals surface area contributed by atoms with Crippen LogP contribution >= 0.6 is 11.6 Å². The molecule has 164 valence electrons. The molecular weight excluding hydrogens is 424 g/mol. The largest absolute Gasteiger partial charge is 0.497 e. The predicted octanol–water partition coefficient (Wildman–Crippen LogP) is 5.83. The second-order valence-electron chi connectivity index (χ2n) is 7.38. The molecule has 0 saturated heterocycles. The number of nitrogens with one attached hydrogen (secondary N) is 2. The van der Waals surface area contributed by atoms with Gasteiger partial charge in [0.05, 0.1) is 14.2 Å². The second kappa shape index (κ2) is 9.75. The van der Waals surface area contributed by atoms with Crippen LogP contribution in [0.5, 0.6) is 11.5 Å². The molecule has 0 unspecified atom stereocenters. The lowest BCUT2D eigenvalue weighted by molar-refractivity contribution is 0.391. The molecule has 2 heterocycles. The van der Waals surface area contributed by atoms with Gasteiger partial charge in [-0.3, -0.25) is 0 Å². The average molecular weight is 449 g/mol. The fourth-order valence-electron chi connectivity index (χ4n) is 3.60. The molecule has 0 aliphatic rings. The van der Waals surface area contributed by atoms with Crippen molar-refractivity contribution >= 4 is 33.9 Å². The van der Waals surface area contributed by atoms with Crippen LogP contribution in [0, 0.1) is 6.92 Å².